The smallest absolute Gasteiger partial charge is 0.264 e. The number of likely N-dealkylation sites (tertiary alicyclic amines) is 1. The lowest BCUT2D eigenvalue weighted by Gasteiger charge is -2.38. The summed E-state index contributed by atoms with van der Waals surface area (Å²) in [6, 6.07) is 16.5. The number of fused-ring (bicyclic) bond motifs is 1. The molecule has 0 bridgehead atoms. The fraction of sp³-hybridized carbons (Fsp3) is 0.280. The normalized spacial score (nSPS) is 15.4. The van der Waals surface area contributed by atoms with Gasteiger partial charge in [-0.05, 0) is 49.2 Å². The number of ether oxygens (including phenoxy) is 1. The van der Waals surface area contributed by atoms with Crippen LogP contribution in [0.5, 0.6) is 11.5 Å². The molecule has 5 rings (SSSR count). The molecular weight excluding hydrogens is 434 g/mol. The summed E-state index contributed by atoms with van der Waals surface area (Å²) in [7, 11) is 1.73. The van der Waals surface area contributed by atoms with Crippen LogP contribution in [0.4, 0.5) is 0 Å². The van der Waals surface area contributed by atoms with Crippen molar-refractivity contribution in [3.63, 3.8) is 0 Å². The first kappa shape index (κ1) is 21.8. The lowest BCUT2D eigenvalue weighted by molar-refractivity contribution is -0.0299. The van der Waals surface area contributed by atoms with E-state index in [4.69, 9.17) is 4.74 Å². The molecule has 0 aliphatic carbocycles. The van der Waals surface area contributed by atoms with Crippen molar-refractivity contribution in [1.82, 2.24) is 24.2 Å². The van der Waals surface area contributed by atoms with Gasteiger partial charge in [0.25, 0.3) is 11.5 Å². The van der Waals surface area contributed by atoms with E-state index in [1.165, 1.54) is 17.1 Å². The first-order valence-electron chi connectivity index (χ1n) is 11.1. The molecule has 1 amide bonds. The van der Waals surface area contributed by atoms with Gasteiger partial charge < -0.3 is 14.7 Å². The fourth-order valence-corrected chi connectivity index (χ4v) is 4.25. The zero-order chi connectivity index (χ0) is 23.7. The van der Waals surface area contributed by atoms with Gasteiger partial charge in [0, 0.05) is 25.7 Å². The van der Waals surface area contributed by atoms with E-state index in [0.29, 0.717) is 48.3 Å². The van der Waals surface area contributed by atoms with Crippen LogP contribution in [0.25, 0.3) is 11.0 Å². The van der Waals surface area contributed by atoms with Gasteiger partial charge in [0.15, 0.2) is 5.65 Å². The molecule has 174 valence electrons. The van der Waals surface area contributed by atoms with E-state index in [1.54, 1.807) is 40.9 Å². The fourth-order valence-electron chi connectivity index (χ4n) is 4.25. The quantitative estimate of drug-likeness (QED) is 0.492. The van der Waals surface area contributed by atoms with Crippen molar-refractivity contribution in [2.75, 3.05) is 13.1 Å². The highest BCUT2D eigenvalue weighted by Crippen LogP contribution is 2.26. The number of benzene rings is 2. The maximum absolute atomic E-state index is 13.0. The maximum Gasteiger partial charge on any atom is 0.264 e. The Morgan fingerprint density at radius 2 is 1.74 bits per heavy atom. The Bertz CT molecular complexity index is 1370. The van der Waals surface area contributed by atoms with E-state index in [1.807, 2.05) is 30.3 Å². The van der Waals surface area contributed by atoms with Crippen molar-refractivity contribution in [3.05, 3.63) is 83.0 Å². The van der Waals surface area contributed by atoms with Gasteiger partial charge in [-0.2, -0.15) is 5.10 Å². The minimum atomic E-state index is -1.09. The summed E-state index contributed by atoms with van der Waals surface area (Å²) in [5, 5.41) is 15.6. The Hall–Kier alpha value is -3.98. The third kappa shape index (κ3) is 4.29. The van der Waals surface area contributed by atoms with Gasteiger partial charge in [-0.25, -0.2) is 4.98 Å². The molecular formula is C25H25N5O4. The number of amides is 1. The number of aryl methyl sites for hydroxylation is 1. The standard InChI is InChI=1S/C25H25N5O4/c1-28-22-21(15-27-28)24(32)30(17-26-22)16-25(33)11-13-29(14-12-25)23(31)18-7-9-20(10-8-18)34-19-5-3-2-4-6-19/h2-10,15,17,33H,11-14,16H2,1H3. The van der Waals surface area contributed by atoms with Crippen molar-refractivity contribution >= 4 is 16.9 Å². The number of rotatable bonds is 5. The first-order chi connectivity index (χ1) is 16.4. The number of aliphatic hydroxyl groups is 1. The molecule has 2 aromatic carbocycles. The van der Waals surface area contributed by atoms with Crippen LogP contribution in [0.15, 0.2) is 71.9 Å². The Morgan fingerprint density at radius 3 is 2.44 bits per heavy atom. The topological polar surface area (TPSA) is 102 Å². The summed E-state index contributed by atoms with van der Waals surface area (Å²) < 4.78 is 8.75. The van der Waals surface area contributed by atoms with Gasteiger partial charge in [-0.3, -0.25) is 18.8 Å². The largest absolute Gasteiger partial charge is 0.457 e. The van der Waals surface area contributed by atoms with Crippen molar-refractivity contribution in [2.45, 2.75) is 25.0 Å². The van der Waals surface area contributed by atoms with Crippen molar-refractivity contribution in [2.24, 2.45) is 7.05 Å². The lowest BCUT2D eigenvalue weighted by atomic mass is 9.91. The average Bonchev–Trinajstić information content (AvgIpc) is 3.23. The second kappa shape index (κ2) is 8.75. The second-order valence-electron chi connectivity index (χ2n) is 8.64. The molecule has 0 radical (unpaired) electrons. The second-order valence-corrected chi connectivity index (χ2v) is 8.64. The number of aromatic nitrogens is 4. The van der Waals surface area contributed by atoms with Gasteiger partial charge in [0.05, 0.1) is 18.3 Å². The molecule has 3 heterocycles. The molecule has 1 fully saturated rings. The number of nitrogens with zero attached hydrogens (tertiary/aromatic N) is 5. The molecule has 2 aromatic heterocycles. The first-order valence-corrected chi connectivity index (χ1v) is 11.1. The summed E-state index contributed by atoms with van der Waals surface area (Å²) in [4.78, 5) is 31.7. The number of hydrogen-bond donors (Lipinski definition) is 1. The third-order valence-corrected chi connectivity index (χ3v) is 6.24. The van der Waals surface area contributed by atoms with Crippen LogP contribution < -0.4 is 10.3 Å². The molecule has 34 heavy (non-hydrogen) atoms. The molecule has 0 saturated carbocycles. The van der Waals surface area contributed by atoms with Crippen LogP contribution in [0.2, 0.25) is 0 Å². The van der Waals surface area contributed by atoms with E-state index in [9.17, 15) is 14.7 Å². The molecule has 9 nitrogen and oxygen atoms in total. The van der Waals surface area contributed by atoms with Crippen LogP contribution in [0, 0.1) is 0 Å². The number of carbonyl (C=O) groups is 1. The predicted molar refractivity (Wildman–Crippen MR) is 126 cm³/mol. The molecule has 4 aromatic rings. The van der Waals surface area contributed by atoms with Crippen LogP contribution >= 0.6 is 0 Å². The molecule has 1 aliphatic heterocycles. The zero-order valence-electron chi connectivity index (χ0n) is 18.8. The van der Waals surface area contributed by atoms with Gasteiger partial charge in [0.1, 0.15) is 23.2 Å². The minimum absolute atomic E-state index is 0.0936. The van der Waals surface area contributed by atoms with E-state index >= 15 is 0 Å². The highest BCUT2D eigenvalue weighted by atomic mass is 16.5. The summed E-state index contributed by atoms with van der Waals surface area (Å²) in [5.74, 6) is 1.29. The summed E-state index contributed by atoms with van der Waals surface area (Å²) in [5.41, 5.74) is -0.254. The Balaban J connectivity index is 1.22. The van der Waals surface area contributed by atoms with Gasteiger partial charge in [-0.1, -0.05) is 18.2 Å². The van der Waals surface area contributed by atoms with E-state index < -0.39 is 5.60 Å². The van der Waals surface area contributed by atoms with E-state index in [-0.39, 0.29) is 18.0 Å². The summed E-state index contributed by atoms with van der Waals surface area (Å²) >= 11 is 0. The molecule has 1 saturated heterocycles. The Labute approximate surface area is 195 Å². The Kier molecular flexibility index (Phi) is 5.62. The molecule has 0 spiro atoms. The lowest BCUT2D eigenvalue weighted by Crippen LogP contribution is -2.49. The molecule has 0 atom stereocenters. The highest BCUT2D eigenvalue weighted by molar-refractivity contribution is 5.94. The summed E-state index contributed by atoms with van der Waals surface area (Å²) in [6.07, 6.45) is 3.67. The molecule has 9 heteroatoms. The van der Waals surface area contributed by atoms with Crippen molar-refractivity contribution < 1.29 is 14.6 Å². The zero-order valence-corrected chi connectivity index (χ0v) is 18.8. The van der Waals surface area contributed by atoms with Crippen molar-refractivity contribution in [1.29, 1.82) is 0 Å². The number of hydrogen-bond acceptors (Lipinski definition) is 6. The third-order valence-electron chi connectivity index (χ3n) is 6.24. The Morgan fingerprint density at radius 1 is 1.06 bits per heavy atom. The van der Waals surface area contributed by atoms with Gasteiger partial charge in [-0.15, -0.1) is 0 Å². The number of piperidine rings is 1. The van der Waals surface area contributed by atoms with Gasteiger partial charge >= 0.3 is 0 Å². The molecule has 0 unspecified atom stereocenters. The van der Waals surface area contributed by atoms with Crippen LogP contribution in [0.1, 0.15) is 23.2 Å². The highest BCUT2D eigenvalue weighted by Gasteiger charge is 2.35. The van der Waals surface area contributed by atoms with E-state index in [2.05, 4.69) is 10.1 Å². The molecule has 1 N–H and O–H groups in total. The van der Waals surface area contributed by atoms with Crippen LogP contribution in [-0.2, 0) is 13.6 Å². The number of carbonyl (C=O) groups excluding carboxylic acids is 1. The average molecular weight is 460 g/mol. The van der Waals surface area contributed by atoms with Crippen LogP contribution in [0.3, 0.4) is 0 Å². The van der Waals surface area contributed by atoms with E-state index in [0.717, 1.165) is 5.75 Å². The van der Waals surface area contributed by atoms with Gasteiger partial charge in [0.2, 0.25) is 0 Å². The SMILES string of the molecule is Cn1ncc2c(=O)n(CC3(O)CCN(C(=O)c4ccc(Oc5ccccc5)cc4)CC3)cnc21. The number of para-hydroxylation sites is 1. The van der Waals surface area contributed by atoms with Crippen molar-refractivity contribution in [3.8, 4) is 11.5 Å². The maximum atomic E-state index is 13.0. The summed E-state index contributed by atoms with van der Waals surface area (Å²) in [6.45, 7) is 0.918. The predicted octanol–water partition coefficient (Wildman–Crippen LogP) is 2.59. The minimum Gasteiger partial charge on any atom is -0.457 e. The van der Waals surface area contributed by atoms with Crippen LogP contribution in [-0.4, -0.2) is 53.9 Å². The molecule has 1 aliphatic rings. The monoisotopic (exact) mass is 459 g/mol.